The fourth-order valence-corrected chi connectivity index (χ4v) is 2.69. The number of aromatic nitrogens is 1. The van der Waals surface area contributed by atoms with E-state index in [1.165, 1.54) is 24.1 Å². The zero-order valence-electron chi connectivity index (χ0n) is 10.7. The summed E-state index contributed by atoms with van der Waals surface area (Å²) in [6.07, 6.45) is 6.74. The van der Waals surface area contributed by atoms with Gasteiger partial charge in [0.05, 0.1) is 5.56 Å². The summed E-state index contributed by atoms with van der Waals surface area (Å²) in [5.74, 6) is 1.91. The van der Waals surface area contributed by atoms with Gasteiger partial charge in [-0.1, -0.05) is 12.2 Å². The van der Waals surface area contributed by atoms with E-state index in [1.807, 2.05) is 11.8 Å². The number of hydrogen-bond donors (Lipinski definition) is 2. The Labute approximate surface area is 118 Å². The van der Waals surface area contributed by atoms with Crippen LogP contribution in [0.15, 0.2) is 6.07 Å². The smallest absolute Gasteiger partial charge is 0.136 e. The van der Waals surface area contributed by atoms with Gasteiger partial charge in [-0.2, -0.15) is 11.8 Å². The third-order valence-electron chi connectivity index (χ3n) is 3.16. The number of fused-ring (bicyclic) bond motifs is 1. The SMILES string of the molecule is CSCCNc1nc2c(cc1C(N)=S)CCCC2. The van der Waals surface area contributed by atoms with E-state index in [-0.39, 0.29) is 0 Å². The van der Waals surface area contributed by atoms with E-state index in [0.717, 1.165) is 36.5 Å². The second-order valence-corrected chi connectivity index (χ2v) is 5.91. The quantitative estimate of drug-likeness (QED) is 0.641. The Hall–Kier alpha value is -0.810. The summed E-state index contributed by atoms with van der Waals surface area (Å²) in [5, 5.41) is 3.35. The highest BCUT2D eigenvalue weighted by molar-refractivity contribution is 7.98. The van der Waals surface area contributed by atoms with Gasteiger partial charge in [0.25, 0.3) is 0 Å². The van der Waals surface area contributed by atoms with E-state index in [4.69, 9.17) is 22.9 Å². The summed E-state index contributed by atoms with van der Waals surface area (Å²) in [6, 6.07) is 2.13. The lowest BCUT2D eigenvalue weighted by molar-refractivity contribution is 0.668. The Kier molecular flexibility index (Phi) is 4.83. The Morgan fingerprint density at radius 3 is 3.00 bits per heavy atom. The fraction of sp³-hybridized carbons (Fsp3) is 0.538. The van der Waals surface area contributed by atoms with Crippen LogP contribution < -0.4 is 11.1 Å². The van der Waals surface area contributed by atoms with Crippen LogP contribution in [0.25, 0.3) is 0 Å². The van der Waals surface area contributed by atoms with Gasteiger partial charge in [-0.25, -0.2) is 4.98 Å². The molecule has 18 heavy (non-hydrogen) atoms. The van der Waals surface area contributed by atoms with Crippen molar-refractivity contribution in [3.8, 4) is 0 Å². The van der Waals surface area contributed by atoms with Crippen molar-refractivity contribution < 1.29 is 0 Å². The molecule has 0 bridgehead atoms. The molecule has 0 spiro atoms. The highest BCUT2D eigenvalue weighted by Crippen LogP contribution is 2.24. The number of nitrogens with two attached hydrogens (primary N) is 1. The molecule has 3 N–H and O–H groups in total. The molecule has 0 aliphatic heterocycles. The van der Waals surface area contributed by atoms with Gasteiger partial charge in [0.15, 0.2) is 0 Å². The number of aryl methyl sites for hydroxylation is 2. The molecule has 0 aromatic carbocycles. The Morgan fingerprint density at radius 2 is 2.28 bits per heavy atom. The number of nitrogens with zero attached hydrogens (tertiary/aromatic N) is 1. The maximum absolute atomic E-state index is 5.80. The summed E-state index contributed by atoms with van der Waals surface area (Å²) in [6.45, 7) is 0.891. The first-order valence-corrected chi connectivity index (χ1v) is 8.08. The third kappa shape index (κ3) is 3.14. The van der Waals surface area contributed by atoms with E-state index in [1.54, 1.807) is 0 Å². The molecule has 1 heterocycles. The third-order valence-corrected chi connectivity index (χ3v) is 4.00. The molecule has 2 rings (SSSR count). The number of hydrogen-bond acceptors (Lipinski definition) is 4. The van der Waals surface area contributed by atoms with Crippen molar-refractivity contribution in [2.24, 2.45) is 5.73 Å². The van der Waals surface area contributed by atoms with Crippen molar-refractivity contribution in [1.29, 1.82) is 0 Å². The lowest BCUT2D eigenvalue weighted by atomic mass is 9.94. The number of nitrogens with one attached hydrogen (secondary N) is 1. The minimum absolute atomic E-state index is 0.433. The lowest BCUT2D eigenvalue weighted by Gasteiger charge is -2.19. The highest BCUT2D eigenvalue weighted by Gasteiger charge is 2.16. The first kappa shape index (κ1) is 13.6. The summed E-state index contributed by atoms with van der Waals surface area (Å²) >= 11 is 6.94. The van der Waals surface area contributed by atoms with Crippen LogP contribution in [-0.2, 0) is 12.8 Å². The van der Waals surface area contributed by atoms with Gasteiger partial charge < -0.3 is 11.1 Å². The van der Waals surface area contributed by atoms with Crippen molar-refractivity contribution in [1.82, 2.24) is 4.98 Å². The van der Waals surface area contributed by atoms with Gasteiger partial charge in [0.1, 0.15) is 10.8 Å². The van der Waals surface area contributed by atoms with Crippen LogP contribution in [0.4, 0.5) is 5.82 Å². The fourth-order valence-electron chi connectivity index (χ4n) is 2.23. The standard InChI is InChI=1S/C13H19N3S2/c1-18-7-6-15-13-10(12(14)17)8-9-4-2-3-5-11(9)16-13/h8H,2-7H2,1H3,(H2,14,17)(H,15,16). The molecular weight excluding hydrogens is 262 g/mol. The summed E-state index contributed by atoms with van der Waals surface area (Å²) in [4.78, 5) is 5.15. The molecule has 1 aliphatic rings. The van der Waals surface area contributed by atoms with Crippen LogP contribution in [0.2, 0.25) is 0 Å². The number of anilines is 1. The second-order valence-electron chi connectivity index (χ2n) is 4.48. The average molecular weight is 281 g/mol. The largest absolute Gasteiger partial charge is 0.389 e. The molecule has 0 fully saturated rings. The molecule has 0 saturated carbocycles. The molecule has 98 valence electrons. The van der Waals surface area contributed by atoms with Gasteiger partial charge in [-0.15, -0.1) is 0 Å². The van der Waals surface area contributed by atoms with E-state index in [0.29, 0.717) is 4.99 Å². The van der Waals surface area contributed by atoms with Crippen LogP contribution in [0.1, 0.15) is 29.7 Å². The van der Waals surface area contributed by atoms with E-state index < -0.39 is 0 Å². The van der Waals surface area contributed by atoms with Crippen LogP contribution in [0, 0.1) is 0 Å². The zero-order chi connectivity index (χ0) is 13.0. The van der Waals surface area contributed by atoms with Crippen LogP contribution >= 0.6 is 24.0 Å². The molecule has 1 aromatic heterocycles. The van der Waals surface area contributed by atoms with Crippen LogP contribution in [0.3, 0.4) is 0 Å². The molecule has 3 nitrogen and oxygen atoms in total. The highest BCUT2D eigenvalue weighted by atomic mass is 32.2. The summed E-state index contributed by atoms with van der Waals surface area (Å²) < 4.78 is 0. The monoisotopic (exact) mass is 281 g/mol. The number of pyridine rings is 1. The van der Waals surface area contributed by atoms with E-state index in [2.05, 4.69) is 17.6 Å². The molecule has 0 radical (unpaired) electrons. The molecule has 1 aliphatic carbocycles. The van der Waals surface area contributed by atoms with Crippen molar-refractivity contribution in [3.05, 3.63) is 22.9 Å². The first-order valence-electron chi connectivity index (χ1n) is 6.27. The minimum Gasteiger partial charge on any atom is -0.389 e. The minimum atomic E-state index is 0.433. The van der Waals surface area contributed by atoms with Gasteiger partial charge in [0.2, 0.25) is 0 Å². The van der Waals surface area contributed by atoms with Crippen LogP contribution in [0.5, 0.6) is 0 Å². The number of thiocarbonyl (C=S) groups is 1. The predicted molar refractivity (Wildman–Crippen MR) is 83.6 cm³/mol. The summed E-state index contributed by atoms with van der Waals surface area (Å²) in [7, 11) is 0. The van der Waals surface area contributed by atoms with Crippen molar-refractivity contribution in [3.63, 3.8) is 0 Å². The van der Waals surface area contributed by atoms with Gasteiger partial charge in [0, 0.05) is 18.0 Å². The number of thioether (sulfide) groups is 1. The maximum Gasteiger partial charge on any atom is 0.136 e. The number of rotatable bonds is 5. The maximum atomic E-state index is 5.80. The molecule has 1 aromatic rings. The first-order chi connectivity index (χ1) is 8.72. The molecule has 0 saturated heterocycles. The summed E-state index contributed by atoms with van der Waals surface area (Å²) in [5.41, 5.74) is 9.23. The molecule has 0 atom stereocenters. The molecule has 0 amide bonds. The van der Waals surface area contributed by atoms with Crippen molar-refractivity contribution >= 4 is 34.8 Å². The molecular formula is C13H19N3S2. The van der Waals surface area contributed by atoms with Gasteiger partial charge in [-0.05, 0) is 43.6 Å². The second kappa shape index (κ2) is 6.38. The van der Waals surface area contributed by atoms with E-state index in [9.17, 15) is 0 Å². The molecule has 0 unspecified atom stereocenters. The average Bonchev–Trinajstić information content (AvgIpc) is 2.38. The van der Waals surface area contributed by atoms with Gasteiger partial charge in [-0.3, -0.25) is 0 Å². The van der Waals surface area contributed by atoms with Crippen molar-refractivity contribution in [2.45, 2.75) is 25.7 Å². The lowest BCUT2D eigenvalue weighted by Crippen LogP contribution is -2.19. The van der Waals surface area contributed by atoms with Crippen LogP contribution in [-0.4, -0.2) is 28.5 Å². The Bertz CT molecular complexity index is 446. The Balaban J connectivity index is 2.27. The molecule has 5 heteroatoms. The van der Waals surface area contributed by atoms with E-state index >= 15 is 0 Å². The topological polar surface area (TPSA) is 50.9 Å². The zero-order valence-corrected chi connectivity index (χ0v) is 12.3. The normalized spacial score (nSPS) is 14.1. The van der Waals surface area contributed by atoms with Crippen molar-refractivity contribution in [2.75, 3.05) is 23.9 Å². The van der Waals surface area contributed by atoms with Gasteiger partial charge >= 0.3 is 0 Å². The predicted octanol–water partition coefficient (Wildman–Crippen LogP) is 2.37. The Morgan fingerprint density at radius 1 is 1.50 bits per heavy atom.